The van der Waals surface area contributed by atoms with Crippen molar-refractivity contribution in [1.29, 1.82) is 0 Å². The zero-order valence-electron chi connectivity index (χ0n) is 11.1. The summed E-state index contributed by atoms with van der Waals surface area (Å²) in [6.45, 7) is 2.39. The first-order chi connectivity index (χ1) is 8.33. The van der Waals surface area contributed by atoms with E-state index in [1.807, 2.05) is 43.1 Å². The summed E-state index contributed by atoms with van der Waals surface area (Å²) in [6, 6.07) is 7.55. The average Bonchev–Trinajstić information content (AvgIpc) is 2.34. The van der Waals surface area contributed by atoms with Crippen molar-refractivity contribution in [2.75, 3.05) is 30.5 Å². The van der Waals surface area contributed by atoms with Crippen LogP contribution in [0, 0.1) is 0 Å². The van der Waals surface area contributed by atoms with Crippen molar-refractivity contribution in [3.05, 3.63) is 29.8 Å². The molecule has 0 radical (unpaired) electrons. The quantitative estimate of drug-likeness (QED) is 0.854. The molecule has 0 aliphatic carbocycles. The summed E-state index contributed by atoms with van der Waals surface area (Å²) in [5, 5.41) is 9.68. The van der Waals surface area contributed by atoms with Crippen LogP contribution >= 0.6 is 0 Å². The standard InChI is InChI=1S/C13H21NO3S/c1-4-13(15)11-5-7-12(8-6-11)14(2)9-10-18(3,16)17/h5-8,13,15H,4,9-10H2,1-3H3/t13-/m0/s1. The van der Waals surface area contributed by atoms with Gasteiger partial charge in [-0.05, 0) is 24.1 Å². The van der Waals surface area contributed by atoms with Gasteiger partial charge in [0.25, 0.3) is 0 Å². The highest BCUT2D eigenvalue weighted by molar-refractivity contribution is 7.90. The predicted molar refractivity (Wildman–Crippen MR) is 74.7 cm³/mol. The number of sulfone groups is 1. The van der Waals surface area contributed by atoms with Crippen LogP contribution in [0.3, 0.4) is 0 Å². The lowest BCUT2D eigenvalue weighted by Crippen LogP contribution is -2.24. The van der Waals surface area contributed by atoms with E-state index < -0.39 is 15.9 Å². The van der Waals surface area contributed by atoms with Gasteiger partial charge in [-0.25, -0.2) is 8.42 Å². The Bertz CT molecular complexity index is 468. The molecule has 1 rings (SSSR count). The molecule has 0 unspecified atom stereocenters. The van der Waals surface area contributed by atoms with E-state index >= 15 is 0 Å². The number of aliphatic hydroxyl groups is 1. The maximum atomic E-state index is 11.1. The summed E-state index contributed by atoms with van der Waals surface area (Å²) >= 11 is 0. The summed E-state index contributed by atoms with van der Waals surface area (Å²) in [5.41, 5.74) is 1.84. The van der Waals surface area contributed by atoms with E-state index in [4.69, 9.17) is 0 Å². The van der Waals surface area contributed by atoms with Crippen molar-refractivity contribution >= 4 is 15.5 Å². The van der Waals surface area contributed by atoms with E-state index in [0.29, 0.717) is 13.0 Å². The Morgan fingerprint density at radius 2 is 1.83 bits per heavy atom. The lowest BCUT2D eigenvalue weighted by Gasteiger charge is -2.19. The molecule has 0 aromatic heterocycles. The van der Waals surface area contributed by atoms with Crippen LogP contribution in [0.2, 0.25) is 0 Å². The maximum absolute atomic E-state index is 11.1. The Morgan fingerprint density at radius 1 is 1.28 bits per heavy atom. The Balaban J connectivity index is 2.67. The number of rotatable bonds is 6. The lowest BCUT2D eigenvalue weighted by molar-refractivity contribution is 0.173. The highest BCUT2D eigenvalue weighted by Crippen LogP contribution is 2.20. The van der Waals surface area contributed by atoms with Gasteiger partial charge in [0.05, 0.1) is 11.9 Å². The number of hydrogen-bond donors (Lipinski definition) is 1. The Hall–Kier alpha value is -1.07. The number of nitrogens with zero attached hydrogens (tertiary/aromatic N) is 1. The molecule has 1 aromatic carbocycles. The zero-order valence-corrected chi connectivity index (χ0v) is 11.9. The second-order valence-electron chi connectivity index (χ2n) is 4.57. The largest absolute Gasteiger partial charge is 0.388 e. The smallest absolute Gasteiger partial charge is 0.149 e. The van der Waals surface area contributed by atoms with Gasteiger partial charge in [0.2, 0.25) is 0 Å². The fourth-order valence-electron chi connectivity index (χ4n) is 1.62. The van der Waals surface area contributed by atoms with Gasteiger partial charge in [-0.3, -0.25) is 0 Å². The first-order valence-corrected chi connectivity index (χ1v) is 8.06. The molecule has 5 heteroatoms. The van der Waals surface area contributed by atoms with Gasteiger partial charge in [-0.15, -0.1) is 0 Å². The van der Waals surface area contributed by atoms with Crippen molar-refractivity contribution in [3.63, 3.8) is 0 Å². The van der Waals surface area contributed by atoms with Gasteiger partial charge in [0, 0.05) is 25.5 Å². The van der Waals surface area contributed by atoms with E-state index in [9.17, 15) is 13.5 Å². The van der Waals surface area contributed by atoms with E-state index in [1.165, 1.54) is 6.26 Å². The molecule has 18 heavy (non-hydrogen) atoms. The van der Waals surface area contributed by atoms with Crippen molar-refractivity contribution in [2.24, 2.45) is 0 Å². The molecule has 0 aliphatic rings. The molecular formula is C13H21NO3S. The molecule has 0 saturated heterocycles. The van der Waals surface area contributed by atoms with Gasteiger partial charge in [-0.2, -0.15) is 0 Å². The molecule has 102 valence electrons. The molecule has 0 fully saturated rings. The van der Waals surface area contributed by atoms with Crippen LogP contribution in [0.15, 0.2) is 24.3 Å². The fourth-order valence-corrected chi connectivity index (χ4v) is 2.22. The second kappa shape index (κ2) is 6.20. The SMILES string of the molecule is CC[C@H](O)c1ccc(N(C)CCS(C)(=O)=O)cc1. The Morgan fingerprint density at radius 3 is 2.28 bits per heavy atom. The molecule has 0 bridgehead atoms. The number of benzene rings is 1. The average molecular weight is 271 g/mol. The summed E-state index contributed by atoms with van der Waals surface area (Å²) < 4.78 is 22.2. The lowest BCUT2D eigenvalue weighted by atomic mass is 10.1. The van der Waals surface area contributed by atoms with Gasteiger partial charge in [0.15, 0.2) is 0 Å². The third-order valence-corrected chi connectivity index (χ3v) is 3.83. The van der Waals surface area contributed by atoms with E-state index in [0.717, 1.165) is 11.3 Å². The van der Waals surface area contributed by atoms with Crippen LogP contribution in [-0.4, -0.2) is 39.1 Å². The summed E-state index contributed by atoms with van der Waals surface area (Å²) in [7, 11) is -1.08. The molecule has 0 spiro atoms. The van der Waals surface area contributed by atoms with Crippen molar-refractivity contribution in [1.82, 2.24) is 0 Å². The monoisotopic (exact) mass is 271 g/mol. The first kappa shape index (κ1) is 15.0. The van der Waals surface area contributed by atoms with E-state index in [1.54, 1.807) is 0 Å². The van der Waals surface area contributed by atoms with Crippen LogP contribution in [0.1, 0.15) is 25.0 Å². The molecule has 1 atom stereocenters. The number of anilines is 1. The second-order valence-corrected chi connectivity index (χ2v) is 6.83. The molecule has 0 saturated carbocycles. The zero-order chi connectivity index (χ0) is 13.8. The molecule has 0 amide bonds. The first-order valence-electron chi connectivity index (χ1n) is 6.00. The Kier molecular flexibility index (Phi) is 5.16. The summed E-state index contributed by atoms with van der Waals surface area (Å²) in [6.07, 6.45) is 1.49. The predicted octanol–water partition coefficient (Wildman–Crippen LogP) is 1.61. The van der Waals surface area contributed by atoms with E-state index in [2.05, 4.69) is 0 Å². The van der Waals surface area contributed by atoms with Crippen molar-refractivity contribution < 1.29 is 13.5 Å². The molecule has 0 aliphatic heterocycles. The topological polar surface area (TPSA) is 57.6 Å². The van der Waals surface area contributed by atoms with Crippen molar-refractivity contribution in [3.8, 4) is 0 Å². The number of hydrogen-bond acceptors (Lipinski definition) is 4. The van der Waals surface area contributed by atoms with Gasteiger partial charge < -0.3 is 10.0 Å². The van der Waals surface area contributed by atoms with Crippen LogP contribution in [0.5, 0.6) is 0 Å². The van der Waals surface area contributed by atoms with Gasteiger partial charge in [-0.1, -0.05) is 19.1 Å². The minimum Gasteiger partial charge on any atom is -0.388 e. The van der Waals surface area contributed by atoms with E-state index in [-0.39, 0.29) is 5.75 Å². The number of aliphatic hydroxyl groups excluding tert-OH is 1. The van der Waals surface area contributed by atoms with Crippen LogP contribution < -0.4 is 4.90 Å². The highest BCUT2D eigenvalue weighted by Gasteiger charge is 2.08. The molecule has 1 aromatic rings. The molecule has 4 nitrogen and oxygen atoms in total. The third kappa shape index (κ3) is 4.66. The normalized spacial score (nSPS) is 13.3. The van der Waals surface area contributed by atoms with Crippen molar-refractivity contribution in [2.45, 2.75) is 19.4 Å². The molecular weight excluding hydrogens is 250 g/mol. The summed E-state index contributed by atoms with van der Waals surface area (Å²) in [4.78, 5) is 1.89. The minimum absolute atomic E-state index is 0.142. The molecule has 1 N–H and O–H groups in total. The van der Waals surface area contributed by atoms with Crippen LogP contribution in [0.25, 0.3) is 0 Å². The van der Waals surface area contributed by atoms with Gasteiger partial charge >= 0.3 is 0 Å². The van der Waals surface area contributed by atoms with Crippen LogP contribution in [0.4, 0.5) is 5.69 Å². The summed E-state index contributed by atoms with van der Waals surface area (Å²) in [5.74, 6) is 0.142. The minimum atomic E-state index is -2.93. The highest BCUT2D eigenvalue weighted by atomic mass is 32.2. The Labute approximate surface area is 109 Å². The maximum Gasteiger partial charge on any atom is 0.149 e. The van der Waals surface area contributed by atoms with Crippen LogP contribution in [-0.2, 0) is 9.84 Å². The fraction of sp³-hybridized carbons (Fsp3) is 0.538. The van der Waals surface area contributed by atoms with Gasteiger partial charge in [0.1, 0.15) is 9.84 Å². The third-order valence-electron chi connectivity index (χ3n) is 2.90. The molecule has 0 heterocycles.